The Morgan fingerprint density at radius 3 is 2.69 bits per heavy atom. The van der Waals surface area contributed by atoms with Crippen LogP contribution in [0.1, 0.15) is 36.5 Å². The predicted molar refractivity (Wildman–Crippen MR) is 130 cm³/mol. The molecule has 1 fully saturated rings. The molecule has 162 valence electrons. The maximum atomic E-state index is 6.01. The Kier molecular flexibility index (Phi) is 5.04. The lowest BCUT2D eigenvalue weighted by molar-refractivity contribution is 0.198. The number of nitrogens with zero attached hydrogens (tertiary/aromatic N) is 4. The Morgan fingerprint density at radius 2 is 1.84 bits per heavy atom. The monoisotopic (exact) mass is 442 g/mol. The zero-order valence-corrected chi connectivity index (χ0v) is 19.0. The van der Waals surface area contributed by atoms with Crippen molar-refractivity contribution in [3.8, 4) is 11.5 Å². The van der Waals surface area contributed by atoms with Crippen LogP contribution in [0.5, 0.6) is 0 Å². The Labute approximate surface area is 191 Å². The van der Waals surface area contributed by atoms with Crippen LogP contribution in [0.2, 0.25) is 0 Å². The Bertz CT molecular complexity index is 1340. The van der Waals surface area contributed by atoms with Crippen LogP contribution in [-0.2, 0) is 13.1 Å². The van der Waals surface area contributed by atoms with Crippen molar-refractivity contribution >= 4 is 33.3 Å². The molecule has 3 aromatic heterocycles. The van der Waals surface area contributed by atoms with Crippen molar-refractivity contribution in [3.05, 3.63) is 70.8 Å². The number of fused-ring (bicyclic) bond motifs is 2. The van der Waals surface area contributed by atoms with Gasteiger partial charge in [0.05, 0.1) is 22.6 Å². The normalized spacial score (nSPS) is 15.8. The molecule has 5 aromatic rings. The van der Waals surface area contributed by atoms with Crippen LogP contribution in [0.3, 0.4) is 0 Å². The molecule has 0 unspecified atom stereocenters. The summed E-state index contributed by atoms with van der Waals surface area (Å²) in [5, 5.41) is 4.51. The molecule has 0 spiro atoms. The first kappa shape index (κ1) is 19.7. The summed E-state index contributed by atoms with van der Waals surface area (Å²) in [6, 6.07) is 18.7. The molecule has 1 saturated heterocycles. The third-order valence-corrected chi connectivity index (χ3v) is 7.56. The number of furan rings is 1. The highest BCUT2D eigenvalue weighted by molar-refractivity contribution is 7.10. The van der Waals surface area contributed by atoms with E-state index >= 15 is 0 Å². The van der Waals surface area contributed by atoms with E-state index in [2.05, 4.69) is 58.2 Å². The summed E-state index contributed by atoms with van der Waals surface area (Å²) in [5.74, 6) is 2.57. The van der Waals surface area contributed by atoms with Crippen molar-refractivity contribution in [2.45, 2.75) is 38.8 Å². The minimum absolute atomic E-state index is 0.527. The highest BCUT2D eigenvalue weighted by Gasteiger charge is 2.25. The largest absolute Gasteiger partial charge is 0.454 e. The SMILES string of the molecule is CCn1c(CN2CCC(c3nc(-c4cc5ccccc5o4)cs3)CC2)nc2ccccc21. The predicted octanol–water partition coefficient (Wildman–Crippen LogP) is 6.31. The van der Waals surface area contributed by atoms with Crippen molar-refractivity contribution in [2.24, 2.45) is 0 Å². The van der Waals surface area contributed by atoms with Gasteiger partial charge in [0.1, 0.15) is 17.1 Å². The van der Waals surface area contributed by atoms with Crippen LogP contribution in [0, 0.1) is 0 Å². The highest BCUT2D eigenvalue weighted by atomic mass is 32.1. The topological polar surface area (TPSA) is 47.1 Å². The fourth-order valence-corrected chi connectivity index (χ4v) is 5.81. The van der Waals surface area contributed by atoms with E-state index in [1.54, 1.807) is 11.3 Å². The van der Waals surface area contributed by atoms with Crippen molar-refractivity contribution in [2.75, 3.05) is 13.1 Å². The number of imidazole rings is 1. The molecular weight excluding hydrogens is 416 g/mol. The molecule has 5 nitrogen and oxygen atoms in total. The van der Waals surface area contributed by atoms with Crippen LogP contribution in [0.25, 0.3) is 33.5 Å². The Morgan fingerprint density at radius 1 is 1.03 bits per heavy atom. The third-order valence-electron chi connectivity index (χ3n) is 6.55. The number of likely N-dealkylation sites (tertiary alicyclic amines) is 1. The van der Waals surface area contributed by atoms with Gasteiger partial charge in [-0.2, -0.15) is 0 Å². The molecule has 2 aromatic carbocycles. The van der Waals surface area contributed by atoms with Gasteiger partial charge in [0.2, 0.25) is 0 Å². The lowest BCUT2D eigenvalue weighted by Gasteiger charge is -2.30. The smallest absolute Gasteiger partial charge is 0.154 e. The molecule has 0 bridgehead atoms. The van der Waals surface area contributed by atoms with Crippen molar-refractivity contribution in [1.82, 2.24) is 19.4 Å². The van der Waals surface area contributed by atoms with E-state index in [1.807, 2.05) is 18.2 Å². The van der Waals surface area contributed by atoms with Gasteiger partial charge in [-0.1, -0.05) is 30.3 Å². The number of hydrogen-bond donors (Lipinski definition) is 0. The summed E-state index contributed by atoms with van der Waals surface area (Å²) in [7, 11) is 0. The average molecular weight is 443 g/mol. The minimum Gasteiger partial charge on any atom is -0.454 e. The van der Waals surface area contributed by atoms with Crippen molar-refractivity contribution in [1.29, 1.82) is 0 Å². The zero-order chi connectivity index (χ0) is 21.5. The molecule has 0 N–H and O–H groups in total. The van der Waals surface area contributed by atoms with E-state index in [9.17, 15) is 0 Å². The second kappa shape index (κ2) is 8.19. The molecule has 0 saturated carbocycles. The number of aromatic nitrogens is 3. The molecule has 6 heteroatoms. The lowest BCUT2D eigenvalue weighted by atomic mass is 9.97. The first-order valence-electron chi connectivity index (χ1n) is 11.4. The summed E-state index contributed by atoms with van der Waals surface area (Å²) >= 11 is 1.77. The number of thiazole rings is 1. The van der Waals surface area contributed by atoms with Gasteiger partial charge in [0, 0.05) is 23.2 Å². The minimum atomic E-state index is 0.527. The standard InChI is InChI=1S/C26H26N4OS/c1-2-30-22-9-5-4-8-20(22)27-25(30)16-29-13-11-18(12-14-29)26-28-21(17-32-26)24-15-19-7-3-6-10-23(19)31-24/h3-10,15,17-18H,2,11-14,16H2,1H3. The maximum absolute atomic E-state index is 6.01. The second-order valence-electron chi connectivity index (χ2n) is 8.53. The second-order valence-corrected chi connectivity index (χ2v) is 9.42. The molecule has 0 amide bonds. The van der Waals surface area contributed by atoms with Crippen LogP contribution >= 0.6 is 11.3 Å². The van der Waals surface area contributed by atoms with Gasteiger partial charge < -0.3 is 8.98 Å². The number of para-hydroxylation sites is 3. The number of piperidine rings is 1. The van der Waals surface area contributed by atoms with Crippen LogP contribution < -0.4 is 0 Å². The van der Waals surface area contributed by atoms with Gasteiger partial charge in [0.15, 0.2) is 5.76 Å². The van der Waals surface area contributed by atoms with E-state index in [-0.39, 0.29) is 0 Å². The molecule has 1 aliphatic heterocycles. The maximum Gasteiger partial charge on any atom is 0.154 e. The van der Waals surface area contributed by atoms with E-state index in [0.717, 1.165) is 67.0 Å². The van der Waals surface area contributed by atoms with Crippen LogP contribution in [-0.4, -0.2) is 32.5 Å². The number of hydrogen-bond acceptors (Lipinski definition) is 5. The fraction of sp³-hybridized carbons (Fsp3) is 0.308. The molecular formula is C26H26N4OS. The van der Waals surface area contributed by atoms with E-state index in [0.29, 0.717) is 5.92 Å². The molecule has 0 aliphatic carbocycles. The molecule has 0 radical (unpaired) electrons. The number of benzene rings is 2. The molecule has 1 aliphatic rings. The lowest BCUT2D eigenvalue weighted by Crippen LogP contribution is -2.33. The molecule has 32 heavy (non-hydrogen) atoms. The van der Waals surface area contributed by atoms with Crippen molar-refractivity contribution in [3.63, 3.8) is 0 Å². The Hall–Kier alpha value is -2.96. The average Bonchev–Trinajstić information content (AvgIpc) is 3.55. The molecule has 0 atom stereocenters. The Balaban J connectivity index is 1.14. The molecule has 4 heterocycles. The quantitative estimate of drug-likeness (QED) is 0.320. The van der Waals surface area contributed by atoms with Crippen molar-refractivity contribution < 1.29 is 4.42 Å². The van der Waals surface area contributed by atoms with Crippen LogP contribution in [0.4, 0.5) is 0 Å². The fourth-order valence-electron chi connectivity index (χ4n) is 4.83. The summed E-state index contributed by atoms with van der Waals surface area (Å²) in [6.07, 6.45) is 2.28. The van der Waals surface area contributed by atoms with Gasteiger partial charge in [-0.05, 0) is 57.1 Å². The summed E-state index contributed by atoms with van der Waals surface area (Å²) in [4.78, 5) is 12.4. The number of aryl methyl sites for hydroxylation is 1. The van der Waals surface area contributed by atoms with E-state index < -0.39 is 0 Å². The van der Waals surface area contributed by atoms with E-state index in [4.69, 9.17) is 14.4 Å². The zero-order valence-electron chi connectivity index (χ0n) is 18.2. The third kappa shape index (κ3) is 3.53. The van der Waals surface area contributed by atoms with Crippen LogP contribution in [0.15, 0.2) is 64.4 Å². The van der Waals surface area contributed by atoms with Gasteiger partial charge in [-0.3, -0.25) is 4.90 Å². The summed E-state index contributed by atoms with van der Waals surface area (Å²) in [6.45, 7) is 6.23. The van der Waals surface area contributed by atoms with Gasteiger partial charge in [-0.25, -0.2) is 9.97 Å². The van der Waals surface area contributed by atoms with Gasteiger partial charge >= 0.3 is 0 Å². The van der Waals surface area contributed by atoms with E-state index in [1.165, 1.54) is 16.3 Å². The molecule has 6 rings (SSSR count). The van der Waals surface area contributed by atoms with Gasteiger partial charge in [-0.15, -0.1) is 11.3 Å². The first-order valence-corrected chi connectivity index (χ1v) is 12.3. The first-order chi connectivity index (χ1) is 15.8. The number of rotatable bonds is 5. The summed E-state index contributed by atoms with van der Waals surface area (Å²) < 4.78 is 8.36. The van der Waals surface area contributed by atoms with Gasteiger partial charge in [0.25, 0.3) is 0 Å². The summed E-state index contributed by atoms with van der Waals surface area (Å²) in [5.41, 5.74) is 4.21. The highest BCUT2D eigenvalue weighted by Crippen LogP contribution is 2.35.